The van der Waals surface area contributed by atoms with Gasteiger partial charge in [-0.2, -0.15) is 0 Å². The van der Waals surface area contributed by atoms with Crippen LogP contribution in [0.1, 0.15) is 29.8 Å². The number of anilines is 1. The molecule has 0 spiro atoms. The Kier molecular flexibility index (Phi) is 3.79. The zero-order valence-corrected chi connectivity index (χ0v) is 11.5. The molecule has 1 amide bonds. The molecule has 3 heterocycles. The van der Waals surface area contributed by atoms with Gasteiger partial charge in [0.2, 0.25) is 0 Å². The second-order valence-electron chi connectivity index (χ2n) is 5.38. The summed E-state index contributed by atoms with van der Waals surface area (Å²) >= 11 is 0. The van der Waals surface area contributed by atoms with Gasteiger partial charge in [0.05, 0.1) is 0 Å². The number of fused-ring (bicyclic) bond motifs is 1. The first-order valence-corrected chi connectivity index (χ1v) is 7.11. The zero-order valence-electron chi connectivity index (χ0n) is 11.5. The fourth-order valence-electron chi connectivity index (χ4n) is 3.03. The molecule has 108 valence electrons. The molecule has 3 rings (SSSR count). The Bertz CT molecular complexity index is 476. The predicted octanol–water partition coefficient (Wildman–Crippen LogP) is 0.0725. The van der Waals surface area contributed by atoms with E-state index in [1.54, 1.807) is 12.1 Å². The summed E-state index contributed by atoms with van der Waals surface area (Å²) in [5.41, 5.74) is 2.79. The highest BCUT2D eigenvalue weighted by atomic mass is 16.2. The van der Waals surface area contributed by atoms with Gasteiger partial charge < -0.3 is 10.3 Å². The molecule has 0 aliphatic carbocycles. The molecule has 1 unspecified atom stereocenters. The monoisotopic (exact) mass is 276 g/mol. The molecule has 2 fully saturated rings. The molecule has 1 aromatic rings. The number of piperidine rings is 1. The number of hydrogen-bond donors (Lipinski definition) is 2. The highest BCUT2D eigenvalue weighted by Crippen LogP contribution is 2.21. The van der Waals surface area contributed by atoms with E-state index in [1.807, 2.05) is 4.90 Å². The van der Waals surface area contributed by atoms with E-state index >= 15 is 0 Å². The highest BCUT2D eigenvalue weighted by molar-refractivity contribution is 5.92. The third kappa shape index (κ3) is 2.59. The first-order valence-electron chi connectivity index (χ1n) is 7.11. The van der Waals surface area contributed by atoms with Crippen LogP contribution in [0.15, 0.2) is 12.1 Å². The Balaban J connectivity index is 1.67. The van der Waals surface area contributed by atoms with Crippen molar-refractivity contribution in [3.8, 4) is 0 Å². The first-order chi connectivity index (χ1) is 9.78. The zero-order chi connectivity index (χ0) is 13.9. The minimum atomic E-state index is -0.0358. The Morgan fingerprint density at radius 2 is 2.15 bits per heavy atom. The lowest BCUT2D eigenvalue weighted by Crippen LogP contribution is -2.56. The lowest BCUT2D eigenvalue weighted by atomic mass is 9.99. The molecule has 1 atom stereocenters. The Morgan fingerprint density at radius 3 is 2.90 bits per heavy atom. The van der Waals surface area contributed by atoms with E-state index in [-0.39, 0.29) is 5.91 Å². The summed E-state index contributed by atoms with van der Waals surface area (Å²) in [6.45, 7) is 3.71. The number of piperazine rings is 1. The third-order valence-electron chi connectivity index (χ3n) is 4.16. The van der Waals surface area contributed by atoms with Crippen molar-refractivity contribution in [3.63, 3.8) is 0 Å². The standard InChI is InChI=1S/C13H20N6O/c14-15-12-5-4-11(16-17-12)13(20)19-8-7-18-6-2-1-3-10(18)9-19/h4-5,10H,1-3,6-9,14H2,(H,15,17). The van der Waals surface area contributed by atoms with Crippen LogP contribution in [-0.2, 0) is 0 Å². The maximum Gasteiger partial charge on any atom is 0.274 e. The molecule has 7 nitrogen and oxygen atoms in total. The molecule has 1 aromatic heterocycles. The SMILES string of the molecule is NNc1ccc(C(=O)N2CCN3CCCCC3C2)nn1. The molecule has 3 N–H and O–H groups in total. The molecule has 0 bridgehead atoms. The number of rotatable bonds is 2. The van der Waals surface area contributed by atoms with Gasteiger partial charge in [0.15, 0.2) is 11.5 Å². The summed E-state index contributed by atoms with van der Waals surface area (Å²) in [6.07, 6.45) is 3.73. The Hall–Kier alpha value is -1.73. The fourth-order valence-corrected chi connectivity index (χ4v) is 3.03. The van der Waals surface area contributed by atoms with Gasteiger partial charge in [-0.05, 0) is 31.5 Å². The molecular formula is C13H20N6O. The summed E-state index contributed by atoms with van der Waals surface area (Å²) in [5.74, 6) is 5.66. The van der Waals surface area contributed by atoms with Crippen LogP contribution in [0, 0.1) is 0 Å². The first kappa shape index (κ1) is 13.3. The summed E-state index contributed by atoms with van der Waals surface area (Å²) < 4.78 is 0. The number of carbonyl (C=O) groups is 1. The molecule has 0 radical (unpaired) electrons. The minimum Gasteiger partial charge on any atom is -0.334 e. The van der Waals surface area contributed by atoms with Crippen LogP contribution >= 0.6 is 0 Å². The average molecular weight is 276 g/mol. The van der Waals surface area contributed by atoms with Crippen LogP contribution in [0.4, 0.5) is 5.82 Å². The van der Waals surface area contributed by atoms with Crippen LogP contribution in [-0.4, -0.2) is 58.1 Å². The van der Waals surface area contributed by atoms with E-state index in [0.717, 1.165) is 19.6 Å². The molecule has 2 saturated heterocycles. The molecule has 2 aliphatic rings. The summed E-state index contributed by atoms with van der Waals surface area (Å²) in [5, 5.41) is 7.78. The minimum absolute atomic E-state index is 0.0358. The van der Waals surface area contributed by atoms with Crippen molar-refractivity contribution >= 4 is 11.7 Å². The van der Waals surface area contributed by atoms with Gasteiger partial charge in [-0.1, -0.05) is 6.42 Å². The predicted molar refractivity (Wildman–Crippen MR) is 75.0 cm³/mol. The number of hydrogen-bond acceptors (Lipinski definition) is 6. The summed E-state index contributed by atoms with van der Waals surface area (Å²) in [6, 6.07) is 3.84. The maximum atomic E-state index is 12.4. The summed E-state index contributed by atoms with van der Waals surface area (Å²) in [7, 11) is 0. The van der Waals surface area contributed by atoms with Crippen molar-refractivity contribution < 1.29 is 4.79 Å². The van der Waals surface area contributed by atoms with Gasteiger partial charge in [0.1, 0.15) is 0 Å². The van der Waals surface area contributed by atoms with Gasteiger partial charge in [0, 0.05) is 25.7 Å². The number of aromatic nitrogens is 2. The van der Waals surface area contributed by atoms with Gasteiger partial charge in [-0.3, -0.25) is 9.69 Å². The quantitative estimate of drug-likeness (QED) is 0.587. The van der Waals surface area contributed by atoms with Crippen molar-refractivity contribution in [2.24, 2.45) is 5.84 Å². The largest absolute Gasteiger partial charge is 0.334 e. The molecule has 0 aromatic carbocycles. The van der Waals surface area contributed by atoms with Crippen molar-refractivity contribution in [1.29, 1.82) is 0 Å². The number of amides is 1. The van der Waals surface area contributed by atoms with Crippen LogP contribution in [0.5, 0.6) is 0 Å². The second kappa shape index (κ2) is 5.72. The molecule has 20 heavy (non-hydrogen) atoms. The van der Waals surface area contributed by atoms with E-state index in [9.17, 15) is 4.79 Å². The number of carbonyl (C=O) groups excluding carboxylic acids is 1. The Labute approximate surface area is 118 Å². The van der Waals surface area contributed by atoms with Crippen LogP contribution in [0.25, 0.3) is 0 Å². The van der Waals surface area contributed by atoms with Crippen molar-refractivity contribution in [2.45, 2.75) is 25.3 Å². The molecule has 0 saturated carbocycles. The summed E-state index contributed by atoms with van der Waals surface area (Å²) in [4.78, 5) is 16.8. The number of nitrogens with two attached hydrogens (primary N) is 1. The molecule has 2 aliphatic heterocycles. The van der Waals surface area contributed by atoms with Crippen molar-refractivity contribution in [2.75, 3.05) is 31.6 Å². The lowest BCUT2D eigenvalue weighted by Gasteiger charge is -2.43. The highest BCUT2D eigenvalue weighted by Gasteiger charge is 2.31. The smallest absolute Gasteiger partial charge is 0.274 e. The number of nitrogens with one attached hydrogen (secondary N) is 1. The number of hydrazine groups is 1. The topological polar surface area (TPSA) is 87.4 Å². The van der Waals surface area contributed by atoms with Crippen molar-refractivity contribution in [1.82, 2.24) is 20.0 Å². The van der Waals surface area contributed by atoms with E-state index in [2.05, 4.69) is 20.5 Å². The van der Waals surface area contributed by atoms with E-state index in [4.69, 9.17) is 5.84 Å². The van der Waals surface area contributed by atoms with Crippen LogP contribution in [0.2, 0.25) is 0 Å². The average Bonchev–Trinajstić information content (AvgIpc) is 2.54. The van der Waals surface area contributed by atoms with E-state index < -0.39 is 0 Å². The lowest BCUT2D eigenvalue weighted by molar-refractivity contribution is 0.0367. The Morgan fingerprint density at radius 1 is 1.25 bits per heavy atom. The molecular weight excluding hydrogens is 256 g/mol. The third-order valence-corrected chi connectivity index (χ3v) is 4.16. The van der Waals surface area contributed by atoms with Gasteiger partial charge in [0.25, 0.3) is 5.91 Å². The fraction of sp³-hybridized carbons (Fsp3) is 0.615. The second-order valence-corrected chi connectivity index (χ2v) is 5.38. The molecule has 7 heteroatoms. The van der Waals surface area contributed by atoms with E-state index in [1.165, 1.54) is 25.8 Å². The van der Waals surface area contributed by atoms with Crippen LogP contribution in [0.3, 0.4) is 0 Å². The van der Waals surface area contributed by atoms with Gasteiger partial charge in [-0.25, -0.2) is 5.84 Å². The maximum absolute atomic E-state index is 12.4. The van der Waals surface area contributed by atoms with Gasteiger partial charge >= 0.3 is 0 Å². The number of nitrogens with zero attached hydrogens (tertiary/aromatic N) is 4. The van der Waals surface area contributed by atoms with Crippen molar-refractivity contribution in [3.05, 3.63) is 17.8 Å². The van der Waals surface area contributed by atoms with Gasteiger partial charge in [-0.15, -0.1) is 10.2 Å². The van der Waals surface area contributed by atoms with E-state index in [0.29, 0.717) is 17.6 Å². The van der Waals surface area contributed by atoms with Crippen LogP contribution < -0.4 is 11.3 Å². The normalized spacial score (nSPS) is 23.2. The number of nitrogen functional groups attached to an aromatic ring is 1.